The SMILES string of the molecule is Cc1cc(N2CC(C)(C)OC3(CCCC3)C2)nc(-c2cccnc2)n1. The van der Waals surface area contributed by atoms with Crippen molar-refractivity contribution in [2.24, 2.45) is 0 Å². The highest BCUT2D eigenvalue weighted by Crippen LogP contribution is 2.41. The van der Waals surface area contributed by atoms with Gasteiger partial charge in [0.05, 0.1) is 11.2 Å². The molecule has 3 heterocycles. The van der Waals surface area contributed by atoms with E-state index in [0.29, 0.717) is 0 Å². The largest absolute Gasteiger partial charge is 0.365 e. The summed E-state index contributed by atoms with van der Waals surface area (Å²) in [5.41, 5.74) is 1.74. The lowest BCUT2D eigenvalue weighted by Gasteiger charge is -2.49. The number of anilines is 1. The van der Waals surface area contributed by atoms with Gasteiger partial charge in [-0.1, -0.05) is 12.8 Å². The molecule has 1 aliphatic heterocycles. The molecule has 0 aromatic carbocycles. The summed E-state index contributed by atoms with van der Waals surface area (Å²) in [6.45, 7) is 8.17. The van der Waals surface area contributed by atoms with E-state index >= 15 is 0 Å². The molecule has 2 aromatic rings. The summed E-state index contributed by atoms with van der Waals surface area (Å²) >= 11 is 0. The van der Waals surface area contributed by atoms with E-state index in [9.17, 15) is 0 Å². The molecule has 1 saturated heterocycles. The molecule has 132 valence electrons. The average molecular weight is 338 g/mol. The normalized spacial score (nSPS) is 21.6. The van der Waals surface area contributed by atoms with Gasteiger partial charge in [0.15, 0.2) is 5.82 Å². The van der Waals surface area contributed by atoms with Crippen LogP contribution in [0.25, 0.3) is 11.4 Å². The van der Waals surface area contributed by atoms with Crippen LogP contribution in [0.5, 0.6) is 0 Å². The first-order valence-electron chi connectivity index (χ1n) is 9.16. The van der Waals surface area contributed by atoms with Gasteiger partial charge >= 0.3 is 0 Å². The first-order valence-corrected chi connectivity index (χ1v) is 9.16. The first kappa shape index (κ1) is 16.5. The Hall–Kier alpha value is -2.01. The number of ether oxygens (including phenoxy) is 1. The maximum absolute atomic E-state index is 6.52. The van der Waals surface area contributed by atoms with Gasteiger partial charge in [-0.15, -0.1) is 0 Å². The second-order valence-electron chi connectivity index (χ2n) is 8.04. The minimum absolute atomic E-state index is 0.0188. The Balaban J connectivity index is 1.70. The quantitative estimate of drug-likeness (QED) is 0.834. The fraction of sp³-hybridized carbons (Fsp3) is 0.550. The van der Waals surface area contributed by atoms with E-state index in [4.69, 9.17) is 9.72 Å². The Labute approximate surface area is 149 Å². The zero-order valence-electron chi connectivity index (χ0n) is 15.3. The summed E-state index contributed by atoms with van der Waals surface area (Å²) in [6.07, 6.45) is 8.40. The summed E-state index contributed by atoms with van der Waals surface area (Å²) in [6, 6.07) is 6.02. The zero-order valence-corrected chi connectivity index (χ0v) is 15.3. The second-order valence-corrected chi connectivity index (χ2v) is 8.04. The number of aromatic nitrogens is 3. The lowest BCUT2D eigenvalue weighted by Crippen LogP contribution is -2.59. The predicted octanol–water partition coefficient (Wildman–Crippen LogP) is 3.78. The van der Waals surface area contributed by atoms with Crippen molar-refractivity contribution in [2.45, 2.75) is 57.7 Å². The smallest absolute Gasteiger partial charge is 0.163 e. The highest BCUT2D eigenvalue weighted by atomic mass is 16.5. The summed E-state index contributed by atoms with van der Waals surface area (Å²) in [5, 5.41) is 0. The van der Waals surface area contributed by atoms with Gasteiger partial charge in [0.25, 0.3) is 0 Å². The summed E-state index contributed by atoms with van der Waals surface area (Å²) in [4.78, 5) is 16.1. The van der Waals surface area contributed by atoms with Crippen LogP contribution in [0.3, 0.4) is 0 Å². The molecule has 0 radical (unpaired) electrons. The van der Waals surface area contributed by atoms with E-state index in [1.54, 1.807) is 6.20 Å². The van der Waals surface area contributed by atoms with Crippen LogP contribution in [0, 0.1) is 6.92 Å². The molecule has 0 atom stereocenters. The molecule has 5 nitrogen and oxygen atoms in total. The minimum atomic E-state index is -0.171. The van der Waals surface area contributed by atoms with Gasteiger partial charge in [-0.25, -0.2) is 9.97 Å². The number of rotatable bonds is 2. The monoisotopic (exact) mass is 338 g/mol. The Bertz CT molecular complexity index is 754. The molecule has 1 aliphatic carbocycles. The van der Waals surface area contributed by atoms with Crippen molar-refractivity contribution < 1.29 is 4.74 Å². The second kappa shape index (κ2) is 6.06. The first-order chi connectivity index (χ1) is 11.9. The van der Waals surface area contributed by atoms with Crippen molar-refractivity contribution in [1.29, 1.82) is 0 Å². The van der Waals surface area contributed by atoms with E-state index in [1.807, 2.05) is 25.3 Å². The lowest BCUT2D eigenvalue weighted by molar-refractivity contribution is -0.148. The van der Waals surface area contributed by atoms with E-state index in [-0.39, 0.29) is 11.2 Å². The molecule has 1 spiro atoms. The number of hydrogen-bond acceptors (Lipinski definition) is 5. The zero-order chi connectivity index (χ0) is 17.5. The number of pyridine rings is 1. The highest BCUT2D eigenvalue weighted by molar-refractivity contribution is 5.57. The molecular weight excluding hydrogens is 312 g/mol. The molecule has 25 heavy (non-hydrogen) atoms. The molecule has 0 bridgehead atoms. The van der Waals surface area contributed by atoms with Crippen LogP contribution in [0.2, 0.25) is 0 Å². The molecule has 1 saturated carbocycles. The third-order valence-corrected chi connectivity index (χ3v) is 5.14. The summed E-state index contributed by atoms with van der Waals surface area (Å²) < 4.78 is 6.52. The van der Waals surface area contributed by atoms with Crippen molar-refractivity contribution in [3.8, 4) is 11.4 Å². The lowest BCUT2D eigenvalue weighted by atomic mass is 9.94. The number of nitrogens with zero attached hydrogens (tertiary/aromatic N) is 4. The summed E-state index contributed by atoms with van der Waals surface area (Å²) in [5.74, 6) is 1.74. The molecular formula is C20H26N4O. The average Bonchev–Trinajstić information content (AvgIpc) is 3.00. The van der Waals surface area contributed by atoms with E-state index in [0.717, 1.165) is 48.8 Å². The molecule has 5 heteroatoms. The Morgan fingerprint density at radius 1 is 1.12 bits per heavy atom. The van der Waals surface area contributed by atoms with Crippen molar-refractivity contribution >= 4 is 5.82 Å². The maximum atomic E-state index is 6.52. The molecule has 0 amide bonds. The third-order valence-electron chi connectivity index (χ3n) is 5.14. The minimum Gasteiger partial charge on any atom is -0.365 e. The van der Waals surface area contributed by atoms with Crippen molar-refractivity contribution in [1.82, 2.24) is 15.0 Å². The molecule has 2 aromatic heterocycles. The van der Waals surface area contributed by atoms with Crippen LogP contribution in [0.4, 0.5) is 5.82 Å². The van der Waals surface area contributed by atoms with Gasteiger partial charge in [-0.05, 0) is 45.7 Å². The molecule has 2 fully saturated rings. The van der Waals surface area contributed by atoms with Gasteiger partial charge in [0, 0.05) is 42.8 Å². The van der Waals surface area contributed by atoms with Crippen LogP contribution in [-0.2, 0) is 4.74 Å². The molecule has 0 N–H and O–H groups in total. The number of hydrogen-bond donors (Lipinski definition) is 0. The van der Waals surface area contributed by atoms with Crippen LogP contribution >= 0.6 is 0 Å². The van der Waals surface area contributed by atoms with Crippen LogP contribution in [0.15, 0.2) is 30.6 Å². The van der Waals surface area contributed by atoms with Crippen molar-refractivity contribution in [3.05, 3.63) is 36.3 Å². The van der Waals surface area contributed by atoms with Gasteiger partial charge in [-0.2, -0.15) is 0 Å². The van der Waals surface area contributed by atoms with Gasteiger partial charge in [-0.3, -0.25) is 4.98 Å². The van der Waals surface area contributed by atoms with Gasteiger partial charge in [0.2, 0.25) is 0 Å². The van der Waals surface area contributed by atoms with E-state index in [1.165, 1.54) is 12.8 Å². The van der Waals surface area contributed by atoms with Gasteiger partial charge < -0.3 is 9.64 Å². The fourth-order valence-corrected chi connectivity index (χ4v) is 4.29. The topological polar surface area (TPSA) is 51.1 Å². The number of aryl methyl sites for hydroxylation is 1. The molecule has 4 rings (SSSR count). The van der Waals surface area contributed by atoms with E-state index in [2.05, 4.69) is 34.8 Å². The third kappa shape index (κ3) is 3.38. The van der Waals surface area contributed by atoms with Gasteiger partial charge in [0.1, 0.15) is 5.82 Å². The molecule has 2 aliphatic rings. The Morgan fingerprint density at radius 2 is 1.92 bits per heavy atom. The van der Waals surface area contributed by atoms with Crippen LogP contribution in [-0.4, -0.2) is 39.2 Å². The predicted molar refractivity (Wildman–Crippen MR) is 98.6 cm³/mol. The van der Waals surface area contributed by atoms with Crippen LogP contribution < -0.4 is 4.90 Å². The number of morpholine rings is 1. The Morgan fingerprint density at radius 3 is 2.64 bits per heavy atom. The highest BCUT2D eigenvalue weighted by Gasteiger charge is 2.46. The maximum Gasteiger partial charge on any atom is 0.163 e. The Kier molecular flexibility index (Phi) is 3.99. The standard InChI is InChI=1S/C20H26N4O/c1-15-11-17(23-18(22-15)16-7-6-10-21-12-16)24-13-19(2,3)25-20(14-24)8-4-5-9-20/h6-7,10-12H,4-5,8-9,13-14H2,1-3H3. The van der Waals surface area contributed by atoms with Crippen molar-refractivity contribution in [3.63, 3.8) is 0 Å². The fourth-order valence-electron chi connectivity index (χ4n) is 4.29. The molecule has 0 unspecified atom stereocenters. The van der Waals surface area contributed by atoms with Crippen LogP contribution in [0.1, 0.15) is 45.2 Å². The van der Waals surface area contributed by atoms with E-state index < -0.39 is 0 Å². The van der Waals surface area contributed by atoms with Crippen molar-refractivity contribution in [2.75, 3.05) is 18.0 Å². The summed E-state index contributed by atoms with van der Waals surface area (Å²) in [7, 11) is 0.